The summed E-state index contributed by atoms with van der Waals surface area (Å²) in [5.74, 6) is -0.379. The van der Waals surface area contributed by atoms with Gasteiger partial charge >= 0.3 is 0 Å². The molecule has 18 heavy (non-hydrogen) atoms. The molecule has 2 rings (SSSR count). The van der Waals surface area contributed by atoms with Crippen LogP contribution in [-0.2, 0) is 6.54 Å². The van der Waals surface area contributed by atoms with Gasteiger partial charge in [0, 0.05) is 20.2 Å². The van der Waals surface area contributed by atoms with Crippen molar-refractivity contribution in [2.75, 3.05) is 5.32 Å². The molecule has 0 atom stereocenters. The van der Waals surface area contributed by atoms with Gasteiger partial charge in [0.1, 0.15) is 5.82 Å². The first-order valence-electron chi connectivity index (χ1n) is 5.05. The highest BCUT2D eigenvalue weighted by Crippen LogP contribution is 2.22. The van der Waals surface area contributed by atoms with Crippen LogP contribution in [0.1, 0.15) is 5.69 Å². The van der Waals surface area contributed by atoms with Gasteiger partial charge in [-0.3, -0.25) is 4.98 Å². The quantitative estimate of drug-likeness (QED) is 0.792. The molecule has 0 amide bonds. The van der Waals surface area contributed by atoms with E-state index in [1.807, 2.05) is 6.07 Å². The zero-order chi connectivity index (χ0) is 13.1. The lowest BCUT2D eigenvalue weighted by Gasteiger charge is -2.08. The zero-order valence-electron chi connectivity index (χ0n) is 9.05. The first kappa shape index (κ1) is 13.8. The minimum Gasteiger partial charge on any atom is -0.377 e. The SMILES string of the molecule is Fc1cc(Cl)ccc1NCc1ncc(Br)cc1Br. The maximum Gasteiger partial charge on any atom is 0.147 e. The summed E-state index contributed by atoms with van der Waals surface area (Å²) in [4.78, 5) is 4.24. The summed E-state index contributed by atoms with van der Waals surface area (Å²) in [5, 5.41) is 3.35. The van der Waals surface area contributed by atoms with E-state index >= 15 is 0 Å². The van der Waals surface area contributed by atoms with Crippen LogP contribution < -0.4 is 5.32 Å². The van der Waals surface area contributed by atoms with Crippen molar-refractivity contribution in [1.29, 1.82) is 0 Å². The van der Waals surface area contributed by atoms with E-state index in [1.54, 1.807) is 18.3 Å². The van der Waals surface area contributed by atoms with Crippen LogP contribution >= 0.6 is 43.5 Å². The maximum atomic E-state index is 13.5. The summed E-state index contributed by atoms with van der Waals surface area (Å²) >= 11 is 12.4. The highest BCUT2D eigenvalue weighted by atomic mass is 79.9. The molecule has 0 aliphatic rings. The van der Waals surface area contributed by atoms with Crippen LogP contribution in [0.4, 0.5) is 10.1 Å². The van der Waals surface area contributed by atoms with Gasteiger partial charge in [0.15, 0.2) is 0 Å². The Kier molecular flexibility index (Phi) is 4.59. The molecule has 0 fully saturated rings. The molecule has 0 saturated heterocycles. The highest BCUT2D eigenvalue weighted by Gasteiger charge is 2.05. The molecule has 0 saturated carbocycles. The van der Waals surface area contributed by atoms with Crippen molar-refractivity contribution in [3.63, 3.8) is 0 Å². The lowest BCUT2D eigenvalue weighted by atomic mass is 10.3. The summed E-state index contributed by atoms with van der Waals surface area (Å²) in [5.41, 5.74) is 1.20. The normalized spacial score (nSPS) is 10.4. The highest BCUT2D eigenvalue weighted by molar-refractivity contribution is 9.11. The number of rotatable bonds is 3. The van der Waals surface area contributed by atoms with Gasteiger partial charge in [0.25, 0.3) is 0 Å². The van der Waals surface area contributed by atoms with Gasteiger partial charge < -0.3 is 5.32 Å². The Hall–Kier alpha value is -0.650. The van der Waals surface area contributed by atoms with E-state index < -0.39 is 0 Å². The number of hydrogen-bond donors (Lipinski definition) is 1. The van der Waals surface area contributed by atoms with Crippen LogP contribution in [0.3, 0.4) is 0 Å². The van der Waals surface area contributed by atoms with Crippen molar-refractivity contribution in [2.45, 2.75) is 6.54 Å². The number of hydrogen-bond acceptors (Lipinski definition) is 2. The molecule has 2 aromatic rings. The lowest BCUT2D eigenvalue weighted by Crippen LogP contribution is -2.04. The fourth-order valence-electron chi connectivity index (χ4n) is 1.38. The maximum absolute atomic E-state index is 13.5. The average Bonchev–Trinajstić information content (AvgIpc) is 2.30. The van der Waals surface area contributed by atoms with Gasteiger partial charge in [-0.05, 0) is 56.1 Å². The van der Waals surface area contributed by atoms with Gasteiger partial charge in [-0.25, -0.2) is 4.39 Å². The molecule has 1 aromatic heterocycles. The number of nitrogens with one attached hydrogen (secondary N) is 1. The van der Waals surface area contributed by atoms with E-state index in [9.17, 15) is 4.39 Å². The smallest absolute Gasteiger partial charge is 0.147 e. The summed E-state index contributed by atoms with van der Waals surface area (Å²) < 4.78 is 15.3. The van der Waals surface area contributed by atoms with Crippen LogP contribution in [0.15, 0.2) is 39.4 Å². The number of benzene rings is 1. The Labute approximate surface area is 126 Å². The minimum atomic E-state index is -0.379. The minimum absolute atomic E-state index is 0.376. The monoisotopic (exact) mass is 392 g/mol. The molecular weight excluding hydrogens is 386 g/mol. The van der Waals surface area contributed by atoms with Crippen molar-refractivity contribution in [3.8, 4) is 0 Å². The number of halogens is 4. The van der Waals surface area contributed by atoms with Gasteiger partial charge in [0.05, 0.1) is 17.9 Å². The van der Waals surface area contributed by atoms with Crippen molar-refractivity contribution in [3.05, 3.63) is 55.9 Å². The molecule has 1 aromatic carbocycles. The average molecular weight is 394 g/mol. The Bertz CT molecular complexity index is 526. The van der Waals surface area contributed by atoms with Crippen molar-refractivity contribution >= 4 is 49.1 Å². The molecule has 0 aliphatic carbocycles. The van der Waals surface area contributed by atoms with E-state index in [-0.39, 0.29) is 5.82 Å². The van der Waals surface area contributed by atoms with Crippen LogP contribution in [0.2, 0.25) is 5.02 Å². The van der Waals surface area contributed by atoms with Crippen LogP contribution in [0, 0.1) is 5.82 Å². The summed E-state index contributed by atoms with van der Waals surface area (Å²) in [6.07, 6.45) is 1.69. The second-order valence-electron chi connectivity index (χ2n) is 3.56. The molecule has 1 N–H and O–H groups in total. The molecule has 2 nitrogen and oxygen atoms in total. The van der Waals surface area contributed by atoms with E-state index in [4.69, 9.17) is 11.6 Å². The van der Waals surface area contributed by atoms with E-state index in [0.717, 1.165) is 14.6 Å². The fraction of sp³-hybridized carbons (Fsp3) is 0.0833. The van der Waals surface area contributed by atoms with Crippen molar-refractivity contribution in [1.82, 2.24) is 4.98 Å². The van der Waals surface area contributed by atoms with E-state index in [2.05, 4.69) is 42.2 Å². The molecule has 0 spiro atoms. The Balaban J connectivity index is 2.11. The number of pyridine rings is 1. The second-order valence-corrected chi connectivity index (χ2v) is 5.77. The summed E-state index contributed by atoms with van der Waals surface area (Å²) in [7, 11) is 0. The third-order valence-corrected chi connectivity index (χ3v) is 3.62. The predicted molar refractivity (Wildman–Crippen MR) is 78.4 cm³/mol. The van der Waals surface area contributed by atoms with Crippen molar-refractivity contribution in [2.24, 2.45) is 0 Å². The second kappa shape index (κ2) is 5.99. The predicted octanol–water partition coefficient (Wildman–Crippen LogP) is 5.01. The third kappa shape index (κ3) is 3.43. The Morgan fingerprint density at radius 2 is 2.06 bits per heavy atom. The van der Waals surface area contributed by atoms with Crippen LogP contribution in [0.5, 0.6) is 0 Å². The van der Waals surface area contributed by atoms with Gasteiger partial charge in [-0.2, -0.15) is 0 Å². The van der Waals surface area contributed by atoms with Crippen LogP contribution in [-0.4, -0.2) is 4.98 Å². The lowest BCUT2D eigenvalue weighted by molar-refractivity contribution is 0.630. The van der Waals surface area contributed by atoms with Gasteiger partial charge in [0.2, 0.25) is 0 Å². The van der Waals surface area contributed by atoms with Gasteiger partial charge in [-0.1, -0.05) is 11.6 Å². The Morgan fingerprint density at radius 3 is 2.72 bits per heavy atom. The molecule has 94 valence electrons. The molecular formula is C12H8Br2ClFN2. The van der Waals surface area contributed by atoms with Crippen molar-refractivity contribution < 1.29 is 4.39 Å². The molecule has 0 bridgehead atoms. The number of anilines is 1. The fourth-order valence-corrected chi connectivity index (χ4v) is 2.67. The summed E-state index contributed by atoms with van der Waals surface area (Å²) in [6, 6.07) is 6.40. The number of aromatic nitrogens is 1. The number of nitrogens with zero attached hydrogens (tertiary/aromatic N) is 1. The van der Waals surface area contributed by atoms with E-state index in [1.165, 1.54) is 6.07 Å². The Morgan fingerprint density at radius 1 is 1.28 bits per heavy atom. The molecule has 0 radical (unpaired) electrons. The standard InChI is InChI=1S/C12H8Br2ClFN2/c13-7-3-9(14)12(17-5-7)6-18-11-2-1-8(15)4-10(11)16/h1-5,18H,6H2. The first-order chi connectivity index (χ1) is 8.56. The topological polar surface area (TPSA) is 24.9 Å². The molecule has 0 unspecified atom stereocenters. The largest absolute Gasteiger partial charge is 0.377 e. The van der Waals surface area contributed by atoms with E-state index in [0.29, 0.717) is 17.3 Å². The molecule has 6 heteroatoms. The summed E-state index contributed by atoms with van der Waals surface area (Å²) in [6.45, 7) is 0.423. The zero-order valence-corrected chi connectivity index (χ0v) is 13.0. The molecule has 0 aliphatic heterocycles. The molecule has 1 heterocycles. The van der Waals surface area contributed by atoms with Crippen LogP contribution in [0.25, 0.3) is 0 Å². The third-order valence-electron chi connectivity index (χ3n) is 2.26. The first-order valence-corrected chi connectivity index (χ1v) is 7.01. The van der Waals surface area contributed by atoms with Gasteiger partial charge in [-0.15, -0.1) is 0 Å².